The van der Waals surface area contributed by atoms with Crippen LogP contribution in [0, 0.1) is 11.5 Å². The molecule has 0 aliphatic carbocycles. The van der Waals surface area contributed by atoms with E-state index < -0.39 is 8.07 Å². The second kappa shape index (κ2) is 8.77. The predicted molar refractivity (Wildman–Crippen MR) is 89.2 cm³/mol. The van der Waals surface area contributed by atoms with Gasteiger partial charge in [-0.05, 0) is 24.1 Å². The van der Waals surface area contributed by atoms with E-state index in [1.807, 2.05) is 6.08 Å². The van der Waals surface area contributed by atoms with E-state index in [9.17, 15) is 0 Å². The largest absolute Gasteiger partial charge is 0.163 e. The van der Waals surface area contributed by atoms with Gasteiger partial charge in [-0.1, -0.05) is 81.6 Å². The molecule has 19 heavy (non-hydrogen) atoms. The molecule has 0 nitrogen and oxygen atoms in total. The molecule has 1 aromatic rings. The molecule has 0 atom stereocenters. The van der Waals surface area contributed by atoms with Gasteiger partial charge in [0.25, 0.3) is 0 Å². The molecule has 0 bridgehead atoms. The third kappa shape index (κ3) is 6.45. The van der Waals surface area contributed by atoms with Gasteiger partial charge in [0.05, 0.1) is 0 Å². The second-order valence-corrected chi connectivity index (χ2v) is 9.59. The summed E-state index contributed by atoms with van der Waals surface area (Å²) < 4.78 is 0. The Kier molecular flexibility index (Phi) is 7.29. The lowest BCUT2D eigenvalue weighted by molar-refractivity contribution is 0.674. The molecule has 0 aliphatic heterocycles. The van der Waals surface area contributed by atoms with Crippen molar-refractivity contribution in [3.8, 4) is 11.5 Å². The van der Waals surface area contributed by atoms with Gasteiger partial charge in [0.2, 0.25) is 0 Å². The first-order chi connectivity index (χ1) is 9.17. The van der Waals surface area contributed by atoms with Crippen LogP contribution in [-0.2, 0) is 0 Å². The van der Waals surface area contributed by atoms with Crippen LogP contribution in [0.4, 0.5) is 0 Å². The maximum Gasteiger partial charge on any atom is 0.163 e. The number of allylic oxidation sites excluding steroid dienone is 2. The van der Waals surface area contributed by atoms with E-state index in [2.05, 4.69) is 67.9 Å². The molecule has 0 radical (unpaired) electrons. The maximum atomic E-state index is 3.48. The van der Waals surface area contributed by atoms with E-state index in [1.165, 1.54) is 37.3 Å². The molecule has 0 aliphatic rings. The maximum absolute atomic E-state index is 3.48. The van der Waals surface area contributed by atoms with Crippen molar-refractivity contribution >= 4 is 13.3 Å². The topological polar surface area (TPSA) is 0 Å². The van der Waals surface area contributed by atoms with Crippen molar-refractivity contribution in [2.45, 2.75) is 52.1 Å². The minimum Gasteiger partial charge on any atom is -0.121 e. The predicted octanol–water partition coefficient (Wildman–Crippen LogP) is 4.67. The Labute approximate surface area is 120 Å². The SMILES string of the molecule is CCCCCC/C=C/C#C[Si](C)(C)c1ccccc1. The first kappa shape index (κ1) is 15.8. The molecule has 102 valence electrons. The van der Waals surface area contributed by atoms with Gasteiger partial charge in [-0.25, -0.2) is 0 Å². The van der Waals surface area contributed by atoms with Crippen LogP contribution in [0.2, 0.25) is 13.1 Å². The van der Waals surface area contributed by atoms with E-state index in [0.29, 0.717) is 0 Å². The van der Waals surface area contributed by atoms with Gasteiger partial charge in [-0.3, -0.25) is 0 Å². The molecule has 0 amide bonds. The Bertz CT molecular complexity index is 432. The molecule has 0 heterocycles. The van der Waals surface area contributed by atoms with Gasteiger partial charge in [-0.15, -0.1) is 5.54 Å². The molecule has 0 unspecified atom stereocenters. The Balaban J connectivity index is 2.42. The number of benzene rings is 1. The normalized spacial score (nSPS) is 11.3. The van der Waals surface area contributed by atoms with E-state index in [-0.39, 0.29) is 0 Å². The van der Waals surface area contributed by atoms with E-state index >= 15 is 0 Å². The van der Waals surface area contributed by atoms with Crippen LogP contribution in [0.25, 0.3) is 0 Å². The third-order valence-electron chi connectivity index (χ3n) is 3.31. The van der Waals surface area contributed by atoms with Crippen LogP contribution in [0.15, 0.2) is 42.5 Å². The summed E-state index contributed by atoms with van der Waals surface area (Å²) in [5.41, 5.74) is 3.48. The third-order valence-corrected chi connectivity index (χ3v) is 5.85. The molecule has 0 saturated carbocycles. The lowest BCUT2D eigenvalue weighted by Gasteiger charge is -2.14. The number of unbranched alkanes of at least 4 members (excludes halogenated alkanes) is 4. The molecular formula is C18H26Si. The lowest BCUT2D eigenvalue weighted by Crippen LogP contribution is -2.39. The minimum atomic E-state index is -1.57. The fourth-order valence-corrected chi connectivity index (χ4v) is 3.59. The van der Waals surface area contributed by atoms with Gasteiger partial charge in [0, 0.05) is 0 Å². The molecule has 1 heteroatoms. The molecular weight excluding hydrogens is 244 g/mol. The fourth-order valence-electron chi connectivity index (χ4n) is 1.98. The molecule has 0 saturated heterocycles. The Morgan fingerprint density at radius 3 is 2.47 bits per heavy atom. The molecule has 0 N–H and O–H groups in total. The first-order valence-corrected chi connectivity index (χ1v) is 10.4. The highest BCUT2D eigenvalue weighted by Crippen LogP contribution is 2.03. The Morgan fingerprint density at radius 1 is 1.05 bits per heavy atom. The summed E-state index contributed by atoms with van der Waals surface area (Å²) in [4.78, 5) is 0. The second-order valence-electron chi connectivity index (χ2n) is 5.51. The average molecular weight is 270 g/mol. The smallest absolute Gasteiger partial charge is 0.121 e. The highest BCUT2D eigenvalue weighted by molar-refractivity contribution is 6.96. The Morgan fingerprint density at radius 2 is 1.79 bits per heavy atom. The van der Waals surface area contributed by atoms with Crippen LogP contribution in [-0.4, -0.2) is 8.07 Å². The highest BCUT2D eigenvalue weighted by atomic mass is 28.3. The summed E-state index contributed by atoms with van der Waals surface area (Å²) in [5.74, 6) is 3.25. The summed E-state index contributed by atoms with van der Waals surface area (Å²) in [7, 11) is -1.57. The monoisotopic (exact) mass is 270 g/mol. The van der Waals surface area contributed by atoms with Crippen LogP contribution >= 0.6 is 0 Å². The zero-order valence-corrected chi connectivity index (χ0v) is 13.6. The standard InChI is InChI=1S/C18H26Si/c1-4-5-6-7-8-9-10-14-17-19(2,3)18-15-12-11-13-16-18/h9-13,15-16H,4-8H2,1-3H3/b10-9+. The zero-order valence-electron chi connectivity index (χ0n) is 12.6. The Hall–Kier alpha value is -1.26. The summed E-state index contributed by atoms with van der Waals surface area (Å²) in [6.45, 7) is 6.87. The summed E-state index contributed by atoms with van der Waals surface area (Å²) in [6, 6.07) is 10.7. The van der Waals surface area contributed by atoms with Crippen LogP contribution < -0.4 is 5.19 Å². The number of rotatable bonds is 6. The molecule has 1 aromatic carbocycles. The lowest BCUT2D eigenvalue weighted by atomic mass is 10.1. The quantitative estimate of drug-likeness (QED) is 0.400. The van der Waals surface area contributed by atoms with Crippen molar-refractivity contribution in [2.24, 2.45) is 0 Å². The highest BCUT2D eigenvalue weighted by Gasteiger charge is 2.19. The summed E-state index contributed by atoms with van der Waals surface area (Å²) >= 11 is 0. The summed E-state index contributed by atoms with van der Waals surface area (Å²) in [5, 5.41) is 1.42. The van der Waals surface area contributed by atoms with Crippen molar-refractivity contribution in [1.29, 1.82) is 0 Å². The number of hydrogen-bond donors (Lipinski definition) is 0. The van der Waals surface area contributed by atoms with Crippen molar-refractivity contribution in [2.75, 3.05) is 0 Å². The van der Waals surface area contributed by atoms with Gasteiger partial charge >= 0.3 is 0 Å². The van der Waals surface area contributed by atoms with Crippen molar-refractivity contribution < 1.29 is 0 Å². The molecule has 1 rings (SSSR count). The van der Waals surface area contributed by atoms with Gasteiger partial charge in [-0.2, -0.15) is 0 Å². The van der Waals surface area contributed by atoms with Crippen molar-refractivity contribution in [3.05, 3.63) is 42.5 Å². The van der Waals surface area contributed by atoms with Crippen LogP contribution in [0.1, 0.15) is 39.0 Å². The van der Waals surface area contributed by atoms with E-state index in [0.717, 1.165) is 0 Å². The molecule has 0 aromatic heterocycles. The zero-order chi connectivity index (χ0) is 14.0. The first-order valence-electron chi connectivity index (χ1n) is 7.40. The van der Waals surface area contributed by atoms with E-state index in [1.54, 1.807) is 0 Å². The minimum absolute atomic E-state index is 1.17. The molecule has 0 fully saturated rings. The van der Waals surface area contributed by atoms with Crippen molar-refractivity contribution in [1.82, 2.24) is 0 Å². The fraction of sp³-hybridized carbons (Fsp3) is 0.444. The molecule has 0 spiro atoms. The average Bonchev–Trinajstić information content (AvgIpc) is 2.43. The van der Waals surface area contributed by atoms with E-state index in [4.69, 9.17) is 0 Å². The van der Waals surface area contributed by atoms with Crippen LogP contribution in [0.3, 0.4) is 0 Å². The summed E-state index contributed by atoms with van der Waals surface area (Å²) in [6.07, 6.45) is 10.7. The van der Waals surface area contributed by atoms with Crippen molar-refractivity contribution in [3.63, 3.8) is 0 Å². The van der Waals surface area contributed by atoms with Gasteiger partial charge < -0.3 is 0 Å². The van der Waals surface area contributed by atoms with Gasteiger partial charge in [0.15, 0.2) is 8.07 Å². The van der Waals surface area contributed by atoms with Crippen LogP contribution in [0.5, 0.6) is 0 Å². The number of hydrogen-bond acceptors (Lipinski definition) is 0. The van der Waals surface area contributed by atoms with Gasteiger partial charge in [0.1, 0.15) is 0 Å².